The normalized spacial score (nSPS) is 18.5. The molecule has 28 heavy (non-hydrogen) atoms. The standard InChI is InChI=1S/C19H25N3O5S/c1-4-6-22-13(2)8-15(14(22)3)9-16(10-20)19(24)27-11-18(23)21-17-5-7-28(25,26)12-17/h8-9,17H,4-7,11-12H2,1-3H3,(H,21,23)/b16-9-. The van der Waals surface area contributed by atoms with Crippen LogP contribution in [0.1, 0.15) is 36.7 Å². The van der Waals surface area contributed by atoms with E-state index < -0.39 is 34.4 Å². The number of carbonyl (C=O) groups is 2. The van der Waals surface area contributed by atoms with E-state index >= 15 is 0 Å². The third kappa shape index (κ3) is 5.45. The van der Waals surface area contributed by atoms with Crippen molar-refractivity contribution in [3.8, 4) is 6.07 Å². The third-order valence-electron chi connectivity index (χ3n) is 4.63. The first kappa shape index (κ1) is 21.7. The van der Waals surface area contributed by atoms with Gasteiger partial charge in [-0.2, -0.15) is 5.26 Å². The Morgan fingerprint density at radius 3 is 2.71 bits per heavy atom. The highest BCUT2D eigenvalue weighted by molar-refractivity contribution is 7.91. The predicted molar refractivity (Wildman–Crippen MR) is 104 cm³/mol. The van der Waals surface area contributed by atoms with Crippen molar-refractivity contribution in [1.82, 2.24) is 9.88 Å². The number of hydrogen-bond donors (Lipinski definition) is 1. The minimum absolute atomic E-state index is 0.0372. The molecule has 1 unspecified atom stereocenters. The van der Waals surface area contributed by atoms with Gasteiger partial charge < -0.3 is 14.6 Å². The lowest BCUT2D eigenvalue weighted by Gasteiger charge is -2.10. The van der Waals surface area contributed by atoms with E-state index in [0.717, 1.165) is 29.9 Å². The van der Waals surface area contributed by atoms with Crippen LogP contribution in [-0.2, 0) is 30.7 Å². The van der Waals surface area contributed by atoms with Crippen molar-refractivity contribution in [2.75, 3.05) is 18.1 Å². The fraction of sp³-hybridized carbons (Fsp3) is 0.526. The number of amides is 1. The summed E-state index contributed by atoms with van der Waals surface area (Å²) in [5, 5.41) is 11.8. The summed E-state index contributed by atoms with van der Waals surface area (Å²) >= 11 is 0. The van der Waals surface area contributed by atoms with Gasteiger partial charge in [-0.15, -0.1) is 0 Å². The van der Waals surface area contributed by atoms with Gasteiger partial charge >= 0.3 is 5.97 Å². The van der Waals surface area contributed by atoms with Crippen molar-refractivity contribution < 1.29 is 22.7 Å². The summed E-state index contributed by atoms with van der Waals surface area (Å²) in [7, 11) is -3.11. The topological polar surface area (TPSA) is 118 Å². The Hall–Kier alpha value is -2.60. The molecule has 0 aliphatic carbocycles. The van der Waals surface area contributed by atoms with Crippen LogP contribution in [0, 0.1) is 25.2 Å². The maximum absolute atomic E-state index is 12.2. The molecule has 1 fully saturated rings. The molecule has 1 amide bonds. The summed E-state index contributed by atoms with van der Waals surface area (Å²) in [4.78, 5) is 24.0. The summed E-state index contributed by atoms with van der Waals surface area (Å²) < 4.78 is 29.8. The van der Waals surface area contributed by atoms with Crippen LogP contribution in [0.25, 0.3) is 6.08 Å². The average molecular weight is 407 g/mol. The number of nitrogens with one attached hydrogen (secondary N) is 1. The fourth-order valence-electron chi connectivity index (χ4n) is 3.22. The molecule has 152 valence electrons. The van der Waals surface area contributed by atoms with Crippen LogP contribution in [-0.4, -0.2) is 49.0 Å². The minimum atomic E-state index is -3.11. The van der Waals surface area contributed by atoms with Gasteiger partial charge in [-0.1, -0.05) is 6.92 Å². The Balaban J connectivity index is 1.98. The lowest BCUT2D eigenvalue weighted by atomic mass is 10.1. The quantitative estimate of drug-likeness (QED) is 0.413. The highest BCUT2D eigenvalue weighted by Crippen LogP contribution is 2.19. The molecule has 2 rings (SSSR count). The Kier molecular flexibility index (Phi) is 7.02. The maximum atomic E-state index is 12.2. The van der Waals surface area contributed by atoms with Crippen molar-refractivity contribution in [2.45, 2.75) is 46.2 Å². The Morgan fingerprint density at radius 1 is 1.43 bits per heavy atom. The number of sulfone groups is 1. The van der Waals surface area contributed by atoms with Crippen molar-refractivity contribution in [3.05, 3.63) is 28.6 Å². The van der Waals surface area contributed by atoms with Gasteiger partial charge in [-0.05, 0) is 44.4 Å². The molecular formula is C19H25N3O5S. The Bertz CT molecular complexity index is 938. The van der Waals surface area contributed by atoms with Gasteiger partial charge in [0.15, 0.2) is 16.4 Å². The van der Waals surface area contributed by atoms with Crippen LogP contribution < -0.4 is 5.32 Å². The predicted octanol–water partition coefficient (Wildman–Crippen LogP) is 1.27. The average Bonchev–Trinajstić information content (AvgIpc) is 3.10. The second-order valence-electron chi connectivity index (χ2n) is 6.89. The number of aromatic nitrogens is 1. The number of hydrogen-bond acceptors (Lipinski definition) is 6. The van der Waals surface area contributed by atoms with E-state index in [-0.39, 0.29) is 17.1 Å². The van der Waals surface area contributed by atoms with Crippen LogP contribution in [0.3, 0.4) is 0 Å². The number of nitrogens with zero attached hydrogens (tertiary/aromatic N) is 2. The zero-order valence-corrected chi connectivity index (χ0v) is 17.1. The number of rotatable bonds is 7. The lowest BCUT2D eigenvalue weighted by molar-refractivity contribution is -0.144. The molecule has 0 radical (unpaired) electrons. The van der Waals surface area contributed by atoms with E-state index in [1.807, 2.05) is 26.0 Å². The van der Waals surface area contributed by atoms with Gasteiger partial charge in [0.2, 0.25) is 0 Å². The number of ether oxygens (including phenoxy) is 1. The van der Waals surface area contributed by atoms with Crippen LogP contribution in [0.5, 0.6) is 0 Å². The highest BCUT2D eigenvalue weighted by Gasteiger charge is 2.29. The van der Waals surface area contributed by atoms with E-state index in [9.17, 15) is 23.3 Å². The van der Waals surface area contributed by atoms with Crippen LogP contribution in [0.15, 0.2) is 11.6 Å². The van der Waals surface area contributed by atoms with Gasteiger partial charge in [0.05, 0.1) is 11.5 Å². The number of nitriles is 1. The monoisotopic (exact) mass is 407 g/mol. The SMILES string of the molecule is CCCn1c(C)cc(/C=C(/C#N)C(=O)OCC(=O)NC2CCS(=O)(=O)C2)c1C. The molecule has 0 spiro atoms. The van der Waals surface area contributed by atoms with Crippen molar-refractivity contribution >= 4 is 27.8 Å². The van der Waals surface area contributed by atoms with Crippen molar-refractivity contribution in [3.63, 3.8) is 0 Å². The molecule has 1 aromatic rings. The van der Waals surface area contributed by atoms with Gasteiger partial charge in [-0.3, -0.25) is 4.79 Å². The second kappa shape index (κ2) is 9.06. The molecule has 2 heterocycles. The summed E-state index contributed by atoms with van der Waals surface area (Å²) in [6.45, 7) is 6.21. The Labute approximate surface area is 165 Å². The first-order valence-corrected chi connectivity index (χ1v) is 10.9. The fourth-order valence-corrected chi connectivity index (χ4v) is 4.89. The molecule has 1 aliphatic heterocycles. The zero-order valence-electron chi connectivity index (χ0n) is 16.3. The second-order valence-corrected chi connectivity index (χ2v) is 9.12. The molecule has 8 nitrogen and oxygen atoms in total. The van der Waals surface area contributed by atoms with E-state index in [0.29, 0.717) is 6.42 Å². The number of carbonyl (C=O) groups excluding carboxylic acids is 2. The summed E-state index contributed by atoms with van der Waals surface area (Å²) in [6.07, 6.45) is 2.76. The lowest BCUT2D eigenvalue weighted by Crippen LogP contribution is -2.38. The van der Waals surface area contributed by atoms with Gasteiger partial charge in [0, 0.05) is 24.0 Å². The highest BCUT2D eigenvalue weighted by atomic mass is 32.2. The van der Waals surface area contributed by atoms with Crippen LogP contribution >= 0.6 is 0 Å². The number of esters is 1. The molecule has 1 aromatic heterocycles. The summed E-state index contributed by atoms with van der Waals surface area (Å²) in [5.74, 6) is -1.55. The minimum Gasteiger partial charge on any atom is -0.451 e. The van der Waals surface area contributed by atoms with Crippen molar-refractivity contribution in [2.24, 2.45) is 0 Å². The molecule has 0 bridgehead atoms. The summed E-state index contributed by atoms with van der Waals surface area (Å²) in [6, 6.07) is 3.24. The molecule has 1 atom stereocenters. The first-order valence-electron chi connectivity index (χ1n) is 9.12. The van der Waals surface area contributed by atoms with Crippen molar-refractivity contribution in [1.29, 1.82) is 5.26 Å². The van der Waals surface area contributed by atoms with E-state index in [2.05, 4.69) is 16.8 Å². The van der Waals surface area contributed by atoms with Gasteiger partial charge in [0.25, 0.3) is 5.91 Å². The van der Waals surface area contributed by atoms with Gasteiger partial charge in [0.1, 0.15) is 11.6 Å². The van der Waals surface area contributed by atoms with Crippen LogP contribution in [0.2, 0.25) is 0 Å². The Morgan fingerprint density at radius 2 is 2.14 bits per heavy atom. The molecule has 1 aliphatic rings. The first-order chi connectivity index (χ1) is 13.2. The van der Waals surface area contributed by atoms with E-state index in [1.165, 1.54) is 6.08 Å². The third-order valence-corrected chi connectivity index (χ3v) is 6.40. The zero-order chi connectivity index (χ0) is 20.9. The smallest absolute Gasteiger partial charge is 0.349 e. The molecule has 1 saturated heterocycles. The molecule has 0 aromatic carbocycles. The largest absolute Gasteiger partial charge is 0.451 e. The van der Waals surface area contributed by atoms with E-state index in [4.69, 9.17) is 4.74 Å². The molecule has 9 heteroatoms. The summed E-state index contributed by atoms with van der Waals surface area (Å²) in [5.41, 5.74) is 2.52. The molecule has 1 N–H and O–H groups in total. The van der Waals surface area contributed by atoms with E-state index in [1.54, 1.807) is 0 Å². The van der Waals surface area contributed by atoms with Gasteiger partial charge in [-0.25, -0.2) is 13.2 Å². The maximum Gasteiger partial charge on any atom is 0.349 e. The number of aryl methyl sites for hydroxylation is 1. The molecular weight excluding hydrogens is 382 g/mol. The van der Waals surface area contributed by atoms with Crippen LogP contribution in [0.4, 0.5) is 0 Å². The molecule has 0 saturated carbocycles.